The monoisotopic (exact) mass is 337 g/mol. The molecule has 0 spiro atoms. The summed E-state index contributed by atoms with van der Waals surface area (Å²) in [6.07, 6.45) is 0. The third-order valence-corrected chi connectivity index (χ3v) is 4.60. The minimum atomic E-state index is -0.658. The van der Waals surface area contributed by atoms with Crippen molar-refractivity contribution in [3.05, 3.63) is 56.5 Å². The number of nitrogens with zero attached hydrogens (tertiary/aromatic N) is 5. The van der Waals surface area contributed by atoms with Gasteiger partial charge in [-0.2, -0.15) is 0 Å². The predicted molar refractivity (Wildman–Crippen MR) is 78.4 cm³/mol. The summed E-state index contributed by atoms with van der Waals surface area (Å²) >= 11 is 2.59. The molecule has 0 aliphatic heterocycles. The Kier molecular flexibility index (Phi) is 4.11. The maximum absolute atomic E-state index is 13.2. The Morgan fingerprint density at radius 3 is 3.00 bits per heavy atom. The first-order valence-electron chi connectivity index (χ1n) is 6.04. The SMILES string of the molecule is O=[N+]([O-])c1cc(F)ccc1Sc1nnnn1Cc1cccs1. The Balaban J connectivity index is 1.88. The van der Waals surface area contributed by atoms with Crippen LogP contribution in [0.4, 0.5) is 10.1 Å². The molecule has 10 heteroatoms. The van der Waals surface area contributed by atoms with Crippen molar-refractivity contribution in [2.24, 2.45) is 0 Å². The lowest BCUT2D eigenvalue weighted by Crippen LogP contribution is -2.02. The van der Waals surface area contributed by atoms with Gasteiger partial charge in [0.1, 0.15) is 5.82 Å². The predicted octanol–water partition coefficient (Wildman–Crippen LogP) is 2.98. The van der Waals surface area contributed by atoms with Crippen molar-refractivity contribution in [2.45, 2.75) is 16.6 Å². The van der Waals surface area contributed by atoms with E-state index in [0.29, 0.717) is 11.7 Å². The number of halogens is 1. The smallest absolute Gasteiger partial charge is 0.258 e. The summed E-state index contributed by atoms with van der Waals surface area (Å²) < 4.78 is 14.7. The molecule has 0 saturated carbocycles. The van der Waals surface area contributed by atoms with E-state index in [1.165, 1.54) is 12.1 Å². The molecule has 3 rings (SSSR count). The van der Waals surface area contributed by atoms with Crippen molar-refractivity contribution in [3.63, 3.8) is 0 Å². The standard InChI is InChI=1S/C12H8FN5O2S2/c13-8-3-4-11(10(6-8)18(19)20)22-12-14-15-16-17(12)7-9-2-1-5-21-9/h1-6H,7H2. The zero-order valence-electron chi connectivity index (χ0n) is 10.9. The van der Waals surface area contributed by atoms with Gasteiger partial charge in [0, 0.05) is 4.88 Å². The number of aromatic nitrogens is 4. The Morgan fingerprint density at radius 1 is 1.41 bits per heavy atom. The molecule has 0 aliphatic carbocycles. The first-order chi connectivity index (χ1) is 10.6. The highest BCUT2D eigenvalue weighted by Crippen LogP contribution is 2.34. The van der Waals surface area contributed by atoms with Crippen LogP contribution in [0.3, 0.4) is 0 Å². The van der Waals surface area contributed by atoms with Crippen molar-refractivity contribution >= 4 is 28.8 Å². The number of hydrogen-bond donors (Lipinski definition) is 0. The molecule has 0 fully saturated rings. The van der Waals surface area contributed by atoms with Crippen LogP contribution >= 0.6 is 23.1 Å². The highest BCUT2D eigenvalue weighted by molar-refractivity contribution is 7.99. The van der Waals surface area contributed by atoms with Crippen LogP contribution in [0, 0.1) is 15.9 Å². The normalized spacial score (nSPS) is 10.8. The van der Waals surface area contributed by atoms with Crippen LogP contribution in [-0.2, 0) is 6.54 Å². The fraction of sp³-hybridized carbons (Fsp3) is 0.0833. The first-order valence-corrected chi connectivity index (χ1v) is 7.73. The molecule has 0 radical (unpaired) electrons. The van der Waals surface area contributed by atoms with Gasteiger partial charge in [-0.15, -0.1) is 16.4 Å². The van der Waals surface area contributed by atoms with Gasteiger partial charge in [-0.05, 0) is 45.8 Å². The highest BCUT2D eigenvalue weighted by atomic mass is 32.2. The largest absolute Gasteiger partial charge is 0.286 e. The van der Waals surface area contributed by atoms with Crippen LogP contribution < -0.4 is 0 Å². The summed E-state index contributed by atoms with van der Waals surface area (Å²) in [6.45, 7) is 0.474. The molecule has 0 aliphatic rings. The van der Waals surface area contributed by atoms with E-state index in [9.17, 15) is 14.5 Å². The van der Waals surface area contributed by atoms with E-state index in [4.69, 9.17) is 0 Å². The van der Waals surface area contributed by atoms with Gasteiger partial charge in [0.2, 0.25) is 5.16 Å². The molecule has 7 nitrogen and oxygen atoms in total. The molecule has 0 bridgehead atoms. The topological polar surface area (TPSA) is 86.7 Å². The number of nitro groups is 1. The number of benzene rings is 1. The van der Waals surface area contributed by atoms with Crippen molar-refractivity contribution < 1.29 is 9.31 Å². The van der Waals surface area contributed by atoms with Gasteiger partial charge in [-0.3, -0.25) is 10.1 Å². The van der Waals surface area contributed by atoms with E-state index in [-0.39, 0.29) is 10.6 Å². The molecule has 2 aromatic heterocycles. The van der Waals surface area contributed by atoms with E-state index in [2.05, 4.69) is 15.5 Å². The molecular weight excluding hydrogens is 329 g/mol. The van der Waals surface area contributed by atoms with Gasteiger partial charge in [0.05, 0.1) is 22.4 Å². The lowest BCUT2D eigenvalue weighted by atomic mass is 10.3. The van der Waals surface area contributed by atoms with Crippen LogP contribution in [0.25, 0.3) is 0 Å². The van der Waals surface area contributed by atoms with Gasteiger partial charge in [-0.1, -0.05) is 6.07 Å². The van der Waals surface area contributed by atoms with Crippen molar-refractivity contribution in [1.82, 2.24) is 20.2 Å². The number of tetrazole rings is 1. The summed E-state index contributed by atoms with van der Waals surface area (Å²) in [5.41, 5.74) is -0.310. The van der Waals surface area contributed by atoms with Gasteiger partial charge >= 0.3 is 0 Å². The summed E-state index contributed by atoms with van der Waals surface area (Å²) in [5, 5.41) is 24.7. The van der Waals surface area contributed by atoms with E-state index in [0.717, 1.165) is 22.7 Å². The Hall–Kier alpha value is -2.33. The molecule has 0 saturated heterocycles. The van der Waals surface area contributed by atoms with E-state index in [1.807, 2.05) is 17.5 Å². The van der Waals surface area contributed by atoms with Crippen molar-refractivity contribution in [3.8, 4) is 0 Å². The molecule has 3 aromatic rings. The Morgan fingerprint density at radius 2 is 2.27 bits per heavy atom. The van der Waals surface area contributed by atoms with Gasteiger partial charge in [0.25, 0.3) is 5.69 Å². The molecule has 0 unspecified atom stereocenters. The molecule has 2 heterocycles. The average molecular weight is 337 g/mol. The zero-order chi connectivity index (χ0) is 15.5. The van der Waals surface area contributed by atoms with Crippen LogP contribution in [0.1, 0.15) is 4.88 Å². The second kappa shape index (κ2) is 6.20. The van der Waals surface area contributed by atoms with Crippen LogP contribution in [0.15, 0.2) is 45.8 Å². The molecule has 0 N–H and O–H groups in total. The van der Waals surface area contributed by atoms with Crippen molar-refractivity contribution in [2.75, 3.05) is 0 Å². The van der Waals surface area contributed by atoms with Gasteiger partial charge < -0.3 is 0 Å². The van der Waals surface area contributed by atoms with E-state index in [1.54, 1.807) is 16.0 Å². The molecule has 0 atom stereocenters. The Bertz CT molecular complexity index is 806. The lowest BCUT2D eigenvalue weighted by Gasteiger charge is -2.04. The summed E-state index contributed by atoms with van der Waals surface area (Å²) in [7, 11) is 0. The molecule has 0 amide bonds. The number of rotatable bonds is 5. The number of hydrogen-bond acceptors (Lipinski definition) is 7. The van der Waals surface area contributed by atoms with Crippen LogP contribution in [-0.4, -0.2) is 25.1 Å². The third-order valence-electron chi connectivity index (χ3n) is 2.70. The minimum Gasteiger partial charge on any atom is -0.258 e. The maximum Gasteiger partial charge on any atom is 0.286 e. The second-order valence-electron chi connectivity index (χ2n) is 4.17. The fourth-order valence-electron chi connectivity index (χ4n) is 1.74. The lowest BCUT2D eigenvalue weighted by molar-refractivity contribution is -0.387. The van der Waals surface area contributed by atoms with Gasteiger partial charge in [0.15, 0.2) is 0 Å². The molecule has 1 aromatic carbocycles. The average Bonchev–Trinajstić information content (AvgIpc) is 3.14. The van der Waals surface area contributed by atoms with Crippen LogP contribution in [0.2, 0.25) is 0 Å². The van der Waals surface area contributed by atoms with E-state index >= 15 is 0 Å². The molecular formula is C12H8FN5O2S2. The quantitative estimate of drug-likeness (QED) is 0.525. The summed E-state index contributed by atoms with van der Waals surface area (Å²) in [6, 6.07) is 7.27. The summed E-state index contributed by atoms with van der Waals surface area (Å²) in [4.78, 5) is 11.7. The number of nitro benzene ring substituents is 1. The van der Waals surface area contributed by atoms with Crippen molar-refractivity contribution in [1.29, 1.82) is 0 Å². The van der Waals surface area contributed by atoms with Crippen LogP contribution in [0.5, 0.6) is 0 Å². The number of thiophene rings is 1. The zero-order valence-corrected chi connectivity index (χ0v) is 12.6. The third kappa shape index (κ3) is 3.12. The minimum absolute atomic E-state index is 0.286. The second-order valence-corrected chi connectivity index (χ2v) is 6.21. The molecule has 22 heavy (non-hydrogen) atoms. The Labute approximate surface area is 131 Å². The highest BCUT2D eigenvalue weighted by Gasteiger charge is 2.19. The van der Waals surface area contributed by atoms with Gasteiger partial charge in [-0.25, -0.2) is 9.07 Å². The fourth-order valence-corrected chi connectivity index (χ4v) is 3.28. The summed E-state index contributed by atoms with van der Waals surface area (Å²) in [5.74, 6) is -0.658. The first kappa shape index (κ1) is 14.6. The maximum atomic E-state index is 13.2. The molecule has 112 valence electrons. The van der Waals surface area contributed by atoms with E-state index < -0.39 is 10.7 Å².